The molecule has 18 heavy (non-hydrogen) atoms. The van der Waals surface area contributed by atoms with Crippen LogP contribution in [0.25, 0.3) is 0 Å². The molecule has 1 aromatic carbocycles. The number of ether oxygens (including phenoxy) is 2. The summed E-state index contributed by atoms with van der Waals surface area (Å²) in [5.74, 6) is 2.07. The summed E-state index contributed by atoms with van der Waals surface area (Å²) in [5.41, 5.74) is 0.267. The molecule has 0 spiro atoms. The molecular weight excluding hydrogens is 228 g/mol. The van der Waals surface area contributed by atoms with Crippen LogP contribution in [0.3, 0.4) is 0 Å². The van der Waals surface area contributed by atoms with Crippen LogP contribution in [-0.4, -0.2) is 18.3 Å². The largest absolute Gasteiger partial charge is 0.490 e. The van der Waals surface area contributed by atoms with Crippen LogP contribution >= 0.6 is 0 Å². The quantitative estimate of drug-likeness (QED) is 0.872. The van der Waals surface area contributed by atoms with E-state index in [1.54, 1.807) is 0 Å². The molecule has 1 aliphatic carbocycles. The molecule has 0 saturated heterocycles. The zero-order valence-electron chi connectivity index (χ0n) is 11.4. The molecule has 1 N–H and O–H groups in total. The fourth-order valence-electron chi connectivity index (χ4n) is 2.67. The molecule has 3 heteroatoms. The Balaban J connectivity index is 2.25. The molecule has 0 bridgehead atoms. The minimum Gasteiger partial charge on any atom is -0.490 e. The first-order chi connectivity index (χ1) is 8.59. The highest BCUT2D eigenvalue weighted by Crippen LogP contribution is 2.47. The second kappa shape index (κ2) is 5.19. The van der Waals surface area contributed by atoms with Crippen LogP contribution in [0.5, 0.6) is 11.5 Å². The van der Waals surface area contributed by atoms with Gasteiger partial charge >= 0.3 is 0 Å². The Morgan fingerprint density at radius 3 is 2.33 bits per heavy atom. The average molecular weight is 250 g/mol. The van der Waals surface area contributed by atoms with E-state index >= 15 is 0 Å². The maximum atomic E-state index is 10.5. The first kappa shape index (κ1) is 13.2. The van der Waals surface area contributed by atoms with E-state index in [4.69, 9.17) is 9.47 Å². The van der Waals surface area contributed by atoms with Crippen LogP contribution in [0.4, 0.5) is 0 Å². The molecule has 1 aromatic rings. The second-order valence-electron chi connectivity index (χ2n) is 5.07. The van der Waals surface area contributed by atoms with Crippen LogP contribution in [0.15, 0.2) is 18.2 Å². The summed E-state index contributed by atoms with van der Waals surface area (Å²) in [6.07, 6.45) is 1.65. The summed E-state index contributed by atoms with van der Waals surface area (Å²) in [6, 6.07) is 5.75. The normalized spacial score (nSPS) is 26.6. The van der Waals surface area contributed by atoms with E-state index in [-0.39, 0.29) is 0 Å². The summed E-state index contributed by atoms with van der Waals surface area (Å²) >= 11 is 0. The number of benzene rings is 1. The van der Waals surface area contributed by atoms with Gasteiger partial charge in [-0.25, -0.2) is 0 Å². The van der Waals surface area contributed by atoms with Crippen molar-refractivity contribution in [3.05, 3.63) is 23.8 Å². The van der Waals surface area contributed by atoms with E-state index in [1.165, 1.54) is 0 Å². The van der Waals surface area contributed by atoms with Gasteiger partial charge in [-0.15, -0.1) is 0 Å². The summed E-state index contributed by atoms with van der Waals surface area (Å²) in [5, 5.41) is 10.5. The van der Waals surface area contributed by atoms with Crippen molar-refractivity contribution in [3.8, 4) is 11.5 Å². The van der Waals surface area contributed by atoms with Gasteiger partial charge in [0.1, 0.15) is 0 Å². The lowest BCUT2D eigenvalue weighted by Gasteiger charge is -2.42. The first-order valence-corrected chi connectivity index (χ1v) is 6.71. The number of aliphatic hydroxyl groups is 1. The smallest absolute Gasteiger partial charge is 0.161 e. The molecule has 2 rings (SSSR count). The van der Waals surface area contributed by atoms with Gasteiger partial charge in [0, 0.05) is 0 Å². The molecule has 0 amide bonds. The van der Waals surface area contributed by atoms with Crippen LogP contribution in [-0.2, 0) is 5.60 Å². The van der Waals surface area contributed by atoms with E-state index in [9.17, 15) is 5.11 Å². The van der Waals surface area contributed by atoms with Gasteiger partial charge in [-0.3, -0.25) is 0 Å². The third-order valence-corrected chi connectivity index (χ3v) is 3.45. The topological polar surface area (TPSA) is 38.7 Å². The predicted octanol–water partition coefficient (Wildman–Crippen LogP) is 3.10. The Morgan fingerprint density at radius 2 is 1.78 bits per heavy atom. The standard InChI is InChI=1S/C15H22O3/c1-4-17-13-7-6-12(8-14(13)18-5-2)15(16)9-11(3)10-15/h6-8,11,16H,4-5,9-10H2,1-3H3. The number of hydrogen-bond acceptors (Lipinski definition) is 3. The summed E-state index contributed by atoms with van der Waals surface area (Å²) in [4.78, 5) is 0. The average Bonchev–Trinajstić information content (AvgIpc) is 2.30. The molecule has 0 heterocycles. The first-order valence-electron chi connectivity index (χ1n) is 6.71. The molecule has 0 aromatic heterocycles. The Labute approximate surface area is 109 Å². The molecule has 1 fully saturated rings. The fourth-order valence-corrected chi connectivity index (χ4v) is 2.67. The van der Waals surface area contributed by atoms with Crippen LogP contribution < -0.4 is 9.47 Å². The Kier molecular flexibility index (Phi) is 3.81. The van der Waals surface area contributed by atoms with E-state index < -0.39 is 5.60 Å². The molecule has 0 aliphatic heterocycles. The van der Waals surface area contributed by atoms with Crippen molar-refractivity contribution in [2.75, 3.05) is 13.2 Å². The second-order valence-corrected chi connectivity index (χ2v) is 5.07. The van der Waals surface area contributed by atoms with Crippen LogP contribution in [0, 0.1) is 5.92 Å². The minimum atomic E-state index is -0.671. The van der Waals surface area contributed by atoms with Crippen molar-refractivity contribution in [1.29, 1.82) is 0 Å². The van der Waals surface area contributed by atoms with Gasteiger partial charge in [0.25, 0.3) is 0 Å². The van der Waals surface area contributed by atoms with Gasteiger partial charge in [0.15, 0.2) is 11.5 Å². The van der Waals surface area contributed by atoms with Crippen LogP contribution in [0.2, 0.25) is 0 Å². The molecule has 1 aliphatic rings. The number of rotatable bonds is 5. The van der Waals surface area contributed by atoms with Gasteiger partial charge in [0.05, 0.1) is 18.8 Å². The Bertz CT molecular complexity index is 408. The van der Waals surface area contributed by atoms with Crippen molar-refractivity contribution in [1.82, 2.24) is 0 Å². The van der Waals surface area contributed by atoms with E-state index in [0.29, 0.717) is 19.1 Å². The summed E-state index contributed by atoms with van der Waals surface area (Å²) in [6.45, 7) is 7.26. The zero-order valence-corrected chi connectivity index (χ0v) is 11.4. The molecule has 100 valence electrons. The highest BCUT2D eigenvalue weighted by Gasteiger charge is 2.41. The van der Waals surface area contributed by atoms with Gasteiger partial charge in [-0.2, -0.15) is 0 Å². The zero-order chi connectivity index (χ0) is 13.2. The highest BCUT2D eigenvalue weighted by molar-refractivity contribution is 5.45. The van der Waals surface area contributed by atoms with E-state index in [2.05, 4.69) is 6.92 Å². The molecule has 0 unspecified atom stereocenters. The van der Waals surface area contributed by atoms with Gasteiger partial charge in [-0.1, -0.05) is 13.0 Å². The Hall–Kier alpha value is -1.22. The third-order valence-electron chi connectivity index (χ3n) is 3.45. The lowest BCUT2D eigenvalue weighted by atomic mass is 9.68. The van der Waals surface area contributed by atoms with E-state index in [0.717, 1.165) is 29.9 Å². The maximum absolute atomic E-state index is 10.5. The SMILES string of the molecule is CCOc1ccc(C2(O)CC(C)C2)cc1OCC. The molecule has 3 nitrogen and oxygen atoms in total. The van der Waals surface area contributed by atoms with Crippen LogP contribution in [0.1, 0.15) is 39.2 Å². The summed E-state index contributed by atoms with van der Waals surface area (Å²) in [7, 11) is 0. The monoisotopic (exact) mass is 250 g/mol. The lowest BCUT2D eigenvalue weighted by Crippen LogP contribution is -2.39. The van der Waals surface area contributed by atoms with Crippen molar-refractivity contribution in [2.24, 2.45) is 5.92 Å². The van der Waals surface area contributed by atoms with Gasteiger partial charge < -0.3 is 14.6 Å². The predicted molar refractivity (Wildman–Crippen MR) is 71.1 cm³/mol. The molecule has 0 radical (unpaired) electrons. The van der Waals surface area contributed by atoms with E-state index in [1.807, 2.05) is 32.0 Å². The van der Waals surface area contributed by atoms with Crippen molar-refractivity contribution >= 4 is 0 Å². The third kappa shape index (κ3) is 2.46. The Morgan fingerprint density at radius 1 is 1.17 bits per heavy atom. The summed E-state index contributed by atoms with van der Waals surface area (Å²) < 4.78 is 11.1. The molecule has 0 atom stereocenters. The van der Waals surface area contributed by atoms with Crippen molar-refractivity contribution in [3.63, 3.8) is 0 Å². The van der Waals surface area contributed by atoms with Gasteiger partial charge in [-0.05, 0) is 50.3 Å². The maximum Gasteiger partial charge on any atom is 0.161 e. The molecule has 1 saturated carbocycles. The molecular formula is C15H22O3. The fraction of sp³-hybridized carbons (Fsp3) is 0.600. The van der Waals surface area contributed by atoms with Gasteiger partial charge in [0.2, 0.25) is 0 Å². The van der Waals surface area contributed by atoms with Crippen molar-refractivity contribution < 1.29 is 14.6 Å². The highest BCUT2D eigenvalue weighted by atomic mass is 16.5. The van der Waals surface area contributed by atoms with Crippen molar-refractivity contribution in [2.45, 2.75) is 39.2 Å². The number of hydrogen-bond donors (Lipinski definition) is 1. The lowest BCUT2D eigenvalue weighted by molar-refractivity contribution is -0.0740. The minimum absolute atomic E-state index is 0.595.